The van der Waals surface area contributed by atoms with Crippen LogP contribution < -0.4 is 0 Å². The average molecular weight is 216 g/mol. The van der Waals surface area contributed by atoms with Gasteiger partial charge in [0.15, 0.2) is 6.39 Å². The van der Waals surface area contributed by atoms with E-state index in [-0.39, 0.29) is 0 Å². The molecule has 3 aromatic heterocycles. The van der Waals surface area contributed by atoms with Crippen molar-refractivity contribution in [3.8, 4) is 0 Å². The Kier molecular flexibility index (Phi) is 6.65. The van der Waals surface area contributed by atoms with Crippen molar-refractivity contribution >= 4 is 0 Å². The molecule has 0 radical (unpaired) electrons. The first kappa shape index (κ1) is 11.6. The van der Waals surface area contributed by atoms with Gasteiger partial charge >= 0.3 is 0 Å². The highest BCUT2D eigenvalue weighted by Gasteiger charge is 1.59. The topological polar surface area (TPSA) is 67.6 Å². The summed E-state index contributed by atoms with van der Waals surface area (Å²) in [5.41, 5.74) is 0. The fourth-order valence-electron chi connectivity index (χ4n) is 0.703. The molecule has 0 aliphatic heterocycles. The molecule has 3 rings (SSSR count). The van der Waals surface area contributed by atoms with Gasteiger partial charge in [0, 0.05) is 24.8 Å². The summed E-state index contributed by atoms with van der Waals surface area (Å²) >= 11 is 0. The predicted octanol–water partition coefficient (Wildman–Crippen LogP) is 2.17. The van der Waals surface area contributed by atoms with Crippen LogP contribution in [-0.4, -0.2) is 20.2 Å². The van der Waals surface area contributed by atoms with Crippen LogP contribution in [0.4, 0.5) is 0 Å². The fraction of sp³-hybridized carbons (Fsp3) is 0. The molecule has 3 aromatic rings. The minimum absolute atomic E-state index is 1.38. The Morgan fingerprint density at radius 1 is 0.812 bits per heavy atom. The number of nitrogens with zero attached hydrogens (tertiary/aromatic N) is 3. The Bertz CT molecular complexity index is 309. The third kappa shape index (κ3) is 7.02. The Hall–Kier alpha value is -2.43. The Morgan fingerprint density at radius 2 is 1.69 bits per heavy atom. The summed E-state index contributed by atoms with van der Waals surface area (Å²) in [6.45, 7) is 0. The molecule has 5 nitrogen and oxygen atoms in total. The first-order chi connectivity index (χ1) is 8.00. The van der Waals surface area contributed by atoms with Gasteiger partial charge in [-0.1, -0.05) is 6.07 Å². The monoisotopic (exact) mass is 216 g/mol. The Balaban J connectivity index is 0.000000121. The number of rotatable bonds is 0. The molecule has 3 heterocycles. The maximum absolute atomic E-state index is 4.47. The molecule has 0 fully saturated rings. The van der Waals surface area contributed by atoms with Crippen molar-refractivity contribution in [3.05, 3.63) is 67.9 Å². The summed E-state index contributed by atoms with van der Waals surface area (Å²) in [5, 5.41) is 6.21. The molecule has 0 saturated heterocycles. The Labute approximate surface area is 93.2 Å². The lowest BCUT2D eigenvalue weighted by atomic mass is 10.5. The first-order valence-corrected chi connectivity index (χ1v) is 4.61. The highest BCUT2D eigenvalue weighted by Crippen LogP contribution is 1.73. The van der Waals surface area contributed by atoms with Gasteiger partial charge in [-0.25, -0.2) is 4.98 Å². The number of aromatic nitrogens is 4. The summed E-state index contributed by atoms with van der Waals surface area (Å²) in [5.74, 6) is 0. The third-order valence-electron chi connectivity index (χ3n) is 1.32. The van der Waals surface area contributed by atoms with Crippen LogP contribution in [0.5, 0.6) is 0 Å². The molecular formula is C11H12N4O. The van der Waals surface area contributed by atoms with Crippen LogP contribution in [0.3, 0.4) is 0 Å². The zero-order valence-corrected chi connectivity index (χ0v) is 8.60. The van der Waals surface area contributed by atoms with E-state index in [9.17, 15) is 0 Å². The largest absolute Gasteiger partial charge is 0.452 e. The lowest BCUT2D eigenvalue weighted by Gasteiger charge is -1.70. The SMILES string of the molecule is c1ccncc1.c1cn[nH]c1.c1cocn1. The highest BCUT2D eigenvalue weighted by molar-refractivity contribution is 4.88. The molecule has 0 saturated carbocycles. The molecule has 0 unspecified atom stereocenters. The molecule has 82 valence electrons. The van der Waals surface area contributed by atoms with Crippen molar-refractivity contribution in [2.45, 2.75) is 0 Å². The second kappa shape index (κ2) is 9.14. The molecular weight excluding hydrogens is 204 g/mol. The molecule has 0 aliphatic rings. The van der Waals surface area contributed by atoms with Crippen LogP contribution in [-0.2, 0) is 0 Å². The molecule has 0 amide bonds. The highest BCUT2D eigenvalue weighted by atomic mass is 16.3. The zero-order chi connectivity index (χ0) is 11.3. The second-order valence-electron chi connectivity index (χ2n) is 2.47. The number of hydrogen-bond donors (Lipinski definition) is 1. The van der Waals surface area contributed by atoms with E-state index in [4.69, 9.17) is 0 Å². The number of nitrogens with one attached hydrogen (secondary N) is 1. The van der Waals surface area contributed by atoms with Gasteiger partial charge in [0.05, 0.1) is 6.20 Å². The van der Waals surface area contributed by atoms with Crippen molar-refractivity contribution < 1.29 is 4.42 Å². The van der Waals surface area contributed by atoms with E-state index in [1.54, 1.807) is 31.0 Å². The maximum atomic E-state index is 4.47. The predicted molar refractivity (Wildman–Crippen MR) is 59.3 cm³/mol. The smallest absolute Gasteiger partial charge is 0.180 e. The van der Waals surface area contributed by atoms with Gasteiger partial charge in [-0.3, -0.25) is 10.1 Å². The molecule has 0 bridgehead atoms. The number of pyridine rings is 1. The van der Waals surface area contributed by atoms with Crippen molar-refractivity contribution in [1.29, 1.82) is 0 Å². The van der Waals surface area contributed by atoms with Gasteiger partial charge in [0.2, 0.25) is 0 Å². The quantitative estimate of drug-likeness (QED) is 0.625. The average Bonchev–Trinajstić information content (AvgIpc) is 3.10. The van der Waals surface area contributed by atoms with Crippen molar-refractivity contribution in [3.63, 3.8) is 0 Å². The van der Waals surface area contributed by atoms with Crippen LogP contribution >= 0.6 is 0 Å². The number of oxazole rings is 1. The van der Waals surface area contributed by atoms with E-state index >= 15 is 0 Å². The first-order valence-electron chi connectivity index (χ1n) is 4.61. The van der Waals surface area contributed by atoms with Crippen LogP contribution in [0.1, 0.15) is 0 Å². The number of aromatic amines is 1. The van der Waals surface area contributed by atoms with Crippen LogP contribution in [0, 0.1) is 0 Å². The zero-order valence-electron chi connectivity index (χ0n) is 8.60. The summed E-state index contributed by atoms with van der Waals surface area (Å²) < 4.78 is 4.47. The van der Waals surface area contributed by atoms with Gasteiger partial charge in [0.25, 0.3) is 0 Å². The molecule has 5 heteroatoms. The van der Waals surface area contributed by atoms with Crippen molar-refractivity contribution in [2.75, 3.05) is 0 Å². The van der Waals surface area contributed by atoms with E-state index in [1.165, 1.54) is 12.7 Å². The van der Waals surface area contributed by atoms with Gasteiger partial charge in [0.1, 0.15) is 6.26 Å². The molecule has 1 N–H and O–H groups in total. The van der Waals surface area contributed by atoms with E-state index in [2.05, 4.69) is 24.6 Å². The molecule has 0 atom stereocenters. The number of H-pyrrole nitrogens is 1. The Morgan fingerprint density at radius 3 is 1.88 bits per heavy atom. The molecule has 0 aromatic carbocycles. The van der Waals surface area contributed by atoms with Gasteiger partial charge < -0.3 is 4.42 Å². The second-order valence-corrected chi connectivity index (χ2v) is 2.47. The standard InChI is InChI=1S/C5H5N.C3H4N2.C3H3NO/c1-2-4-6-5-3-1;1-2-4-5-3-1;1-2-5-3-4-1/h1-5H;1-3H,(H,4,5);1-3H. The van der Waals surface area contributed by atoms with Gasteiger partial charge in [-0.05, 0) is 18.2 Å². The summed E-state index contributed by atoms with van der Waals surface area (Å²) in [6.07, 6.45) is 11.4. The van der Waals surface area contributed by atoms with Gasteiger partial charge in [-0.15, -0.1) is 0 Å². The molecule has 0 spiro atoms. The van der Waals surface area contributed by atoms with Crippen molar-refractivity contribution in [2.24, 2.45) is 0 Å². The minimum atomic E-state index is 1.38. The van der Waals surface area contributed by atoms with E-state index in [0.717, 1.165) is 0 Å². The van der Waals surface area contributed by atoms with E-state index in [0.29, 0.717) is 0 Å². The summed E-state index contributed by atoms with van der Waals surface area (Å²) in [6, 6.07) is 7.55. The lowest BCUT2D eigenvalue weighted by molar-refractivity contribution is 0.558. The van der Waals surface area contributed by atoms with Crippen LogP contribution in [0.2, 0.25) is 0 Å². The van der Waals surface area contributed by atoms with Gasteiger partial charge in [-0.2, -0.15) is 5.10 Å². The normalized spacial score (nSPS) is 8.00. The minimum Gasteiger partial charge on any atom is -0.452 e. The molecule has 0 aliphatic carbocycles. The summed E-state index contributed by atoms with van der Waals surface area (Å²) in [7, 11) is 0. The van der Waals surface area contributed by atoms with Crippen LogP contribution in [0.15, 0.2) is 72.3 Å². The fourth-order valence-corrected chi connectivity index (χ4v) is 0.703. The van der Waals surface area contributed by atoms with E-state index in [1.807, 2.05) is 24.3 Å². The lowest BCUT2D eigenvalue weighted by Crippen LogP contribution is -1.58. The van der Waals surface area contributed by atoms with Crippen molar-refractivity contribution in [1.82, 2.24) is 20.2 Å². The maximum Gasteiger partial charge on any atom is 0.180 e. The van der Waals surface area contributed by atoms with E-state index < -0.39 is 0 Å². The molecule has 16 heavy (non-hydrogen) atoms. The number of hydrogen-bond acceptors (Lipinski definition) is 4. The summed E-state index contributed by atoms with van der Waals surface area (Å²) in [4.78, 5) is 7.34. The third-order valence-corrected chi connectivity index (χ3v) is 1.32. The van der Waals surface area contributed by atoms with Crippen LogP contribution in [0.25, 0.3) is 0 Å².